The number of amides is 1. The highest BCUT2D eigenvalue weighted by Gasteiger charge is 2.31. The van der Waals surface area contributed by atoms with Crippen LogP contribution in [0.3, 0.4) is 0 Å². The Labute approximate surface area is 162 Å². The third-order valence-corrected chi connectivity index (χ3v) is 4.08. The Morgan fingerprint density at radius 2 is 1.93 bits per heavy atom. The number of halogens is 3. The molecule has 0 atom stereocenters. The molecular formula is C18H15F3N4O4. The van der Waals surface area contributed by atoms with E-state index in [4.69, 9.17) is 10.5 Å². The van der Waals surface area contributed by atoms with Gasteiger partial charge in [0.25, 0.3) is 5.88 Å². The Balaban J connectivity index is 2.27. The number of hydrogen-bond donors (Lipinski definition) is 3. The number of ether oxygens (including phenoxy) is 1. The normalized spacial score (nSPS) is 11.4. The van der Waals surface area contributed by atoms with Gasteiger partial charge in [0.15, 0.2) is 0 Å². The van der Waals surface area contributed by atoms with Crippen LogP contribution in [0.15, 0.2) is 36.4 Å². The maximum atomic E-state index is 13.1. The number of alkyl halides is 3. The molecule has 0 bridgehead atoms. The fourth-order valence-corrected chi connectivity index (χ4v) is 2.75. The first-order chi connectivity index (χ1) is 13.6. The Morgan fingerprint density at radius 1 is 1.21 bits per heavy atom. The van der Waals surface area contributed by atoms with Gasteiger partial charge in [0, 0.05) is 11.6 Å². The molecule has 11 heteroatoms. The second-order valence-electron chi connectivity index (χ2n) is 5.98. The minimum Gasteiger partial charge on any atom is -0.508 e. The number of rotatable bonds is 4. The van der Waals surface area contributed by atoms with E-state index in [1.54, 1.807) is 6.92 Å². The van der Waals surface area contributed by atoms with Crippen molar-refractivity contribution in [1.82, 2.24) is 15.0 Å². The number of phenolic OH excluding ortho intramolecular Hbond substituents is 2. The predicted molar refractivity (Wildman–Crippen MR) is 94.7 cm³/mol. The third-order valence-electron chi connectivity index (χ3n) is 4.08. The van der Waals surface area contributed by atoms with Gasteiger partial charge in [-0.1, -0.05) is 29.4 Å². The van der Waals surface area contributed by atoms with E-state index < -0.39 is 29.5 Å². The zero-order valence-corrected chi connectivity index (χ0v) is 14.9. The van der Waals surface area contributed by atoms with Crippen LogP contribution in [0, 0.1) is 0 Å². The molecule has 29 heavy (non-hydrogen) atoms. The van der Waals surface area contributed by atoms with E-state index in [1.807, 2.05) is 0 Å². The minimum absolute atomic E-state index is 0.0129. The lowest BCUT2D eigenvalue weighted by Gasteiger charge is -2.13. The maximum absolute atomic E-state index is 13.1. The summed E-state index contributed by atoms with van der Waals surface area (Å²) < 4.78 is 45.2. The standard InChI is InChI=1S/C18H15F3N4O4/c1-2-9-7-12(14(27)8-13(9)26)25-15(16(23-24-25)29-17(22)28)10-4-3-5-11(6-10)18(19,20)21/h3-8,26-27H,2H2,1H3,(H2,22,28). The number of aromatic nitrogens is 3. The number of primary amides is 1. The molecule has 0 radical (unpaired) electrons. The number of carbonyl (C=O) groups excluding carboxylic acids is 1. The molecule has 0 aliphatic rings. The number of nitrogens with two attached hydrogens (primary N) is 1. The van der Waals surface area contributed by atoms with Crippen LogP contribution in [-0.4, -0.2) is 31.3 Å². The van der Waals surface area contributed by atoms with Crippen molar-refractivity contribution in [2.24, 2.45) is 5.73 Å². The Bertz CT molecular complexity index is 1080. The van der Waals surface area contributed by atoms with Gasteiger partial charge in [-0.3, -0.25) is 0 Å². The maximum Gasteiger partial charge on any atom is 0.416 e. The zero-order chi connectivity index (χ0) is 21.3. The molecule has 0 fully saturated rings. The van der Waals surface area contributed by atoms with E-state index in [0.29, 0.717) is 12.0 Å². The van der Waals surface area contributed by atoms with Gasteiger partial charge in [-0.25, -0.2) is 9.48 Å². The van der Waals surface area contributed by atoms with Gasteiger partial charge in [0.1, 0.15) is 22.9 Å². The molecule has 0 aliphatic carbocycles. The molecular weight excluding hydrogens is 393 g/mol. The molecule has 0 unspecified atom stereocenters. The van der Waals surface area contributed by atoms with Crippen LogP contribution in [0.2, 0.25) is 0 Å². The molecule has 2 aromatic carbocycles. The first kappa shape index (κ1) is 20.0. The Hall–Kier alpha value is -3.76. The molecule has 0 saturated heterocycles. The van der Waals surface area contributed by atoms with E-state index in [2.05, 4.69) is 10.3 Å². The lowest BCUT2D eigenvalue weighted by molar-refractivity contribution is -0.137. The quantitative estimate of drug-likeness (QED) is 0.608. The summed E-state index contributed by atoms with van der Waals surface area (Å²) in [5, 5.41) is 27.6. The molecule has 1 aromatic heterocycles. The van der Waals surface area contributed by atoms with Gasteiger partial charge in [-0.05, 0) is 30.2 Å². The van der Waals surface area contributed by atoms with E-state index in [0.717, 1.165) is 28.9 Å². The second-order valence-corrected chi connectivity index (χ2v) is 5.98. The molecule has 4 N–H and O–H groups in total. The average molecular weight is 408 g/mol. The smallest absolute Gasteiger partial charge is 0.416 e. The molecule has 152 valence electrons. The Kier molecular flexibility index (Phi) is 5.06. The highest BCUT2D eigenvalue weighted by molar-refractivity contribution is 5.74. The summed E-state index contributed by atoms with van der Waals surface area (Å²) in [5.74, 6) is -1.02. The van der Waals surface area contributed by atoms with E-state index in [-0.39, 0.29) is 22.7 Å². The van der Waals surface area contributed by atoms with E-state index in [9.17, 15) is 28.2 Å². The van der Waals surface area contributed by atoms with Crippen molar-refractivity contribution in [1.29, 1.82) is 0 Å². The van der Waals surface area contributed by atoms with Crippen molar-refractivity contribution in [2.75, 3.05) is 0 Å². The number of phenols is 2. The molecule has 3 aromatic rings. The van der Waals surface area contributed by atoms with Crippen molar-refractivity contribution in [3.63, 3.8) is 0 Å². The molecule has 0 aliphatic heterocycles. The van der Waals surface area contributed by atoms with Gasteiger partial charge in [-0.2, -0.15) is 13.2 Å². The summed E-state index contributed by atoms with van der Waals surface area (Å²) >= 11 is 0. The van der Waals surface area contributed by atoms with Crippen molar-refractivity contribution in [3.05, 3.63) is 47.5 Å². The fraction of sp³-hybridized carbons (Fsp3) is 0.167. The summed E-state index contributed by atoms with van der Waals surface area (Å²) in [5.41, 5.74) is 4.35. The summed E-state index contributed by atoms with van der Waals surface area (Å²) in [6.45, 7) is 1.76. The van der Waals surface area contributed by atoms with Crippen molar-refractivity contribution in [2.45, 2.75) is 19.5 Å². The van der Waals surface area contributed by atoms with Crippen LogP contribution in [0.1, 0.15) is 18.1 Å². The molecule has 0 spiro atoms. The highest BCUT2D eigenvalue weighted by atomic mass is 19.4. The summed E-state index contributed by atoms with van der Waals surface area (Å²) in [6, 6.07) is 6.65. The summed E-state index contributed by atoms with van der Waals surface area (Å²) in [7, 11) is 0. The topological polar surface area (TPSA) is 123 Å². The fourth-order valence-electron chi connectivity index (χ4n) is 2.75. The number of hydrogen-bond acceptors (Lipinski definition) is 6. The molecule has 8 nitrogen and oxygen atoms in total. The third kappa shape index (κ3) is 3.93. The summed E-state index contributed by atoms with van der Waals surface area (Å²) in [4.78, 5) is 11.2. The van der Waals surface area contributed by atoms with Crippen LogP contribution in [0.5, 0.6) is 17.4 Å². The molecule has 0 saturated carbocycles. The van der Waals surface area contributed by atoms with E-state index >= 15 is 0 Å². The number of aryl methyl sites for hydroxylation is 1. The molecule has 1 amide bonds. The van der Waals surface area contributed by atoms with Gasteiger partial charge in [-0.15, -0.1) is 0 Å². The van der Waals surface area contributed by atoms with Crippen LogP contribution >= 0.6 is 0 Å². The number of aromatic hydroxyl groups is 2. The Morgan fingerprint density at radius 3 is 2.55 bits per heavy atom. The number of carbonyl (C=O) groups is 1. The van der Waals surface area contributed by atoms with Crippen LogP contribution in [-0.2, 0) is 12.6 Å². The van der Waals surface area contributed by atoms with Crippen LogP contribution in [0.25, 0.3) is 16.9 Å². The molecule has 1 heterocycles. The second kappa shape index (κ2) is 7.34. The van der Waals surface area contributed by atoms with Gasteiger partial charge in [0.05, 0.1) is 5.56 Å². The molecule has 3 rings (SSSR count). The van der Waals surface area contributed by atoms with Gasteiger partial charge >= 0.3 is 12.3 Å². The van der Waals surface area contributed by atoms with Crippen LogP contribution < -0.4 is 10.5 Å². The van der Waals surface area contributed by atoms with Crippen molar-refractivity contribution < 1.29 is 32.9 Å². The lowest BCUT2D eigenvalue weighted by atomic mass is 10.1. The lowest BCUT2D eigenvalue weighted by Crippen LogP contribution is -2.17. The zero-order valence-electron chi connectivity index (χ0n) is 14.9. The summed E-state index contributed by atoms with van der Waals surface area (Å²) in [6.07, 6.45) is -5.46. The number of benzene rings is 2. The average Bonchev–Trinajstić information content (AvgIpc) is 3.04. The van der Waals surface area contributed by atoms with Crippen LogP contribution in [0.4, 0.5) is 18.0 Å². The number of nitrogens with zero attached hydrogens (tertiary/aromatic N) is 3. The SMILES string of the molecule is CCc1cc(-n2nnc(OC(N)=O)c2-c2cccc(C(F)(F)F)c2)c(O)cc1O. The van der Waals surface area contributed by atoms with Crippen molar-refractivity contribution >= 4 is 6.09 Å². The van der Waals surface area contributed by atoms with E-state index in [1.165, 1.54) is 12.1 Å². The highest BCUT2D eigenvalue weighted by Crippen LogP contribution is 2.38. The first-order valence-electron chi connectivity index (χ1n) is 8.27. The minimum atomic E-state index is -4.62. The largest absolute Gasteiger partial charge is 0.508 e. The predicted octanol–water partition coefficient (Wildman–Crippen LogP) is 3.38. The van der Waals surface area contributed by atoms with Gasteiger partial charge in [0.2, 0.25) is 0 Å². The van der Waals surface area contributed by atoms with Crippen molar-refractivity contribution in [3.8, 4) is 34.3 Å². The van der Waals surface area contributed by atoms with Gasteiger partial charge < -0.3 is 20.7 Å². The monoisotopic (exact) mass is 408 g/mol. The first-order valence-corrected chi connectivity index (χ1v) is 8.27.